The molecule has 1 rings (SSSR count). The number of nitrogens with zero attached hydrogens (tertiary/aromatic N) is 3. The van der Waals surface area contributed by atoms with E-state index in [-0.39, 0.29) is 40.1 Å². The minimum Gasteiger partial charge on any atom is -0.545 e. The van der Waals surface area contributed by atoms with Crippen LogP contribution in [0.1, 0.15) is 5.56 Å². The number of benzene rings is 1. The molecule has 0 saturated heterocycles. The number of carboxylic acids is 1. The van der Waals surface area contributed by atoms with Gasteiger partial charge in [0.25, 0.3) is 0 Å². The Balaban J connectivity index is 0.00000256. The number of carboxylic acid groups (broad SMARTS) is 1. The van der Waals surface area contributed by atoms with Gasteiger partial charge in [-0.15, -0.1) is 0 Å². The topological polar surface area (TPSA) is 88.9 Å². The van der Waals surface area contributed by atoms with Gasteiger partial charge in [-0.1, -0.05) is 22.8 Å². The van der Waals surface area contributed by atoms with Gasteiger partial charge in [-0.05, 0) is 29.3 Å². The van der Waals surface area contributed by atoms with Crippen LogP contribution in [0.5, 0.6) is 0 Å². The molecule has 0 radical (unpaired) electrons. The average molecular weight is 264 g/mol. The van der Waals surface area contributed by atoms with Gasteiger partial charge < -0.3 is 9.90 Å². The zero-order valence-electron chi connectivity index (χ0n) is 8.72. The maximum absolute atomic E-state index is 13.0. The van der Waals surface area contributed by atoms with E-state index in [1.54, 1.807) is 0 Å². The number of carbonyl (C=O) groups is 1. The number of azide groups is 1. The van der Waals surface area contributed by atoms with Crippen molar-refractivity contribution in [1.82, 2.24) is 0 Å². The smallest absolute Gasteiger partial charge is 0.545 e. The summed E-state index contributed by atoms with van der Waals surface area (Å²) in [6, 6.07) is 3.64. The van der Waals surface area contributed by atoms with Gasteiger partial charge in [0.1, 0.15) is 5.82 Å². The Kier molecular flexibility index (Phi) is 6.87. The van der Waals surface area contributed by atoms with Crippen molar-refractivity contribution in [2.45, 2.75) is 0 Å². The molecule has 0 atom stereocenters. The van der Waals surface area contributed by atoms with Crippen molar-refractivity contribution < 1.29 is 43.8 Å². The van der Waals surface area contributed by atoms with Crippen LogP contribution >= 0.6 is 11.6 Å². The Hall–Kier alpha value is -1.04. The summed E-state index contributed by atoms with van der Waals surface area (Å²) in [6.07, 6.45) is 0.981. The molecular formula is C9H4ClFN3NaO2. The summed E-state index contributed by atoms with van der Waals surface area (Å²) in [5.41, 5.74) is 7.66. The SMILES string of the molecule is [N-]=[N+]=NC(=Cc1ccc(Cl)c(F)c1)C(=O)[O-].[Na+]. The predicted octanol–water partition coefficient (Wildman–Crippen LogP) is -1.12. The van der Waals surface area contributed by atoms with Gasteiger partial charge >= 0.3 is 29.6 Å². The van der Waals surface area contributed by atoms with Crippen LogP contribution in [0.25, 0.3) is 16.5 Å². The molecule has 1 aromatic rings. The second-order valence-corrected chi connectivity index (χ2v) is 3.09. The van der Waals surface area contributed by atoms with E-state index in [1.807, 2.05) is 0 Å². The molecule has 0 unspecified atom stereocenters. The molecule has 0 heterocycles. The Morgan fingerprint density at radius 3 is 2.71 bits per heavy atom. The van der Waals surface area contributed by atoms with Crippen LogP contribution in [0, 0.1) is 5.82 Å². The first kappa shape index (κ1) is 16.0. The number of aliphatic carboxylic acids is 1. The van der Waals surface area contributed by atoms with Crippen LogP contribution in [-0.2, 0) is 4.79 Å². The summed E-state index contributed by atoms with van der Waals surface area (Å²) in [5, 5.41) is 13.3. The molecular weight excluding hydrogens is 260 g/mol. The molecule has 1 aromatic carbocycles. The summed E-state index contributed by atoms with van der Waals surface area (Å²) >= 11 is 5.43. The molecule has 0 fully saturated rings. The minimum atomic E-state index is -1.65. The average Bonchev–Trinajstić information content (AvgIpc) is 2.22. The molecule has 5 nitrogen and oxygen atoms in total. The monoisotopic (exact) mass is 263 g/mol. The van der Waals surface area contributed by atoms with Crippen molar-refractivity contribution in [3.05, 3.63) is 50.7 Å². The van der Waals surface area contributed by atoms with Gasteiger partial charge in [0.2, 0.25) is 0 Å². The van der Waals surface area contributed by atoms with Crippen molar-refractivity contribution in [2.24, 2.45) is 5.11 Å². The van der Waals surface area contributed by atoms with Crippen molar-refractivity contribution >= 4 is 23.6 Å². The number of rotatable bonds is 3. The van der Waals surface area contributed by atoms with Gasteiger partial charge in [-0.3, -0.25) is 0 Å². The maximum Gasteiger partial charge on any atom is 1.00 e. The number of halogens is 2. The van der Waals surface area contributed by atoms with E-state index in [0.717, 1.165) is 12.1 Å². The Bertz CT molecular complexity index is 511. The van der Waals surface area contributed by atoms with Crippen LogP contribution in [-0.4, -0.2) is 5.97 Å². The molecule has 0 aliphatic carbocycles. The Morgan fingerprint density at radius 1 is 1.59 bits per heavy atom. The molecule has 0 amide bonds. The van der Waals surface area contributed by atoms with Crippen LogP contribution in [0.3, 0.4) is 0 Å². The van der Waals surface area contributed by atoms with Gasteiger partial charge in [0, 0.05) is 4.91 Å². The molecule has 0 spiro atoms. The third-order valence-corrected chi connectivity index (χ3v) is 1.92. The summed E-state index contributed by atoms with van der Waals surface area (Å²) < 4.78 is 13.0. The zero-order valence-corrected chi connectivity index (χ0v) is 11.5. The van der Waals surface area contributed by atoms with Gasteiger partial charge in [-0.2, -0.15) is 0 Å². The Morgan fingerprint density at radius 2 is 2.24 bits per heavy atom. The van der Waals surface area contributed by atoms with Crippen molar-refractivity contribution in [3.8, 4) is 0 Å². The predicted molar refractivity (Wildman–Crippen MR) is 53.5 cm³/mol. The molecule has 0 aliphatic heterocycles. The summed E-state index contributed by atoms with van der Waals surface area (Å²) in [6.45, 7) is 0. The fourth-order valence-corrected chi connectivity index (χ4v) is 1.05. The quantitative estimate of drug-likeness (QED) is 0.227. The summed E-state index contributed by atoms with van der Waals surface area (Å²) in [7, 11) is 0. The van der Waals surface area contributed by atoms with Crippen molar-refractivity contribution in [1.29, 1.82) is 0 Å². The molecule has 0 saturated carbocycles. The fraction of sp³-hybridized carbons (Fsp3) is 0. The van der Waals surface area contributed by atoms with E-state index in [9.17, 15) is 14.3 Å². The number of carbonyl (C=O) groups excluding carboxylic acids is 1. The van der Waals surface area contributed by atoms with E-state index >= 15 is 0 Å². The van der Waals surface area contributed by atoms with Gasteiger partial charge in [0.05, 0.1) is 16.7 Å². The molecule has 0 aliphatic rings. The normalized spacial score (nSPS) is 10.1. The first-order chi connectivity index (χ1) is 7.54. The first-order valence-electron chi connectivity index (χ1n) is 3.98. The van der Waals surface area contributed by atoms with Crippen LogP contribution in [0.15, 0.2) is 29.0 Å². The largest absolute Gasteiger partial charge is 1.00 e. The van der Waals surface area contributed by atoms with Crippen LogP contribution in [0.2, 0.25) is 5.02 Å². The maximum atomic E-state index is 13.0. The third kappa shape index (κ3) is 4.77. The first-order valence-corrected chi connectivity index (χ1v) is 4.35. The molecule has 0 N–H and O–H groups in total. The molecule has 82 valence electrons. The van der Waals surface area contributed by atoms with E-state index < -0.39 is 17.5 Å². The van der Waals surface area contributed by atoms with Crippen LogP contribution < -0.4 is 34.7 Å². The van der Waals surface area contributed by atoms with Crippen molar-refractivity contribution in [3.63, 3.8) is 0 Å². The van der Waals surface area contributed by atoms with Crippen LogP contribution in [0.4, 0.5) is 4.39 Å². The number of hydrogen-bond donors (Lipinski definition) is 0. The van der Waals surface area contributed by atoms with E-state index in [0.29, 0.717) is 0 Å². The van der Waals surface area contributed by atoms with Gasteiger partial charge in [0.15, 0.2) is 0 Å². The standard InChI is InChI=1S/C9H5ClFN3O2.Na/c10-6-2-1-5(3-7(6)11)4-8(9(15)16)13-14-12;/h1-4H,(H,15,16);/q;+1/p-1. The molecule has 0 bridgehead atoms. The fourth-order valence-electron chi connectivity index (χ4n) is 0.937. The molecule has 0 aromatic heterocycles. The van der Waals surface area contributed by atoms with Crippen molar-refractivity contribution in [2.75, 3.05) is 0 Å². The van der Waals surface area contributed by atoms with Gasteiger partial charge in [-0.25, -0.2) is 4.39 Å². The molecule has 8 heteroatoms. The van der Waals surface area contributed by atoms with E-state index in [4.69, 9.17) is 17.1 Å². The Labute approximate surface area is 123 Å². The summed E-state index contributed by atoms with van der Waals surface area (Å²) in [5.74, 6) is -2.35. The zero-order chi connectivity index (χ0) is 12.1. The second kappa shape index (κ2) is 7.32. The second-order valence-electron chi connectivity index (χ2n) is 2.68. The molecule has 17 heavy (non-hydrogen) atoms. The summed E-state index contributed by atoms with van der Waals surface area (Å²) in [4.78, 5) is 12.8. The number of hydrogen-bond acceptors (Lipinski definition) is 3. The van der Waals surface area contributed by atoms with E-state index in [2.05, 4.69) is 10.0 Å². The van der Waals surface area contributed by atoms with E-state index in [1.165, 1.54) is 12.1 Å². The third-order valence-electron chi connectivity index (χ3n) is 1.61. The minimum absolute atomic E-state index is 0.